The zero-order valence-corrected chi connectivity index (χ0v) is 14.3. The quantitative estimate of drug-likeness (QED) is 0.500. The minimum atomic E-state index is -0.394. The molecular weight excluding hydrogens is 300 g/mol. The van der Waals surface area contributed by atoms with Gasteiger partial charge in [-0.15, -0.1) is 0 Å². The fraction of sp³-hybridized carbons (Fsp3) is 0.400. The van der Waals surface area contributed by atoms with Gasteiger partial charge in [-0.25, -0.2) is 9.78 Å². The molecule has 4 nitrogen and oxygen atoms in total. The van der Waals surface area contributed by atoms with Crippen LogP contribution in [0.4, 0.5) is 5.82 Å². The van der Waals surface area contributed by atoms with Crippen LogP contribution in [0.15, 0.2) is 33.5 Å². The van der Waals surface area contributed by atoms with E-state index in [1.54, 1.807) is 0 Å². The van der Waals surface area contributed by atoms with E-state index in [4.69, 9.17) is 10.2 Å². The van der Waals surface area contributed by atoms with Crippen LogP contribution >= 0.6 is 0 Å². The maximum atomic E-state index is 12.5. The molecule has 2 aromatic heterocycles. The molecule has 4 rings (SSSR count). The van der Waals surface area contributed by atoms with Crippen molar-refractivity contribution in [2.45, 2.75) is 40.0 Å². The van der Waals surface area contributed by atoms with E-state index in [2.05, 4.69) is 25.8 Å². The first-order chi connectivity index (χ1) is 11.4. The third kappa shape index (κ3) is 2.20. The topological polar surface area (TPSA) is 69.1 Å². The summed E-state index contributed by atoms with van der Waals surface area (Å²) in [6.07, 6.45) is 2.94. The Balaban J connectivity index is 2.11. The lowest BCUT2D eigenvalue weighted by atomic mass is 9.71. The van der Waals surface area contributed by atoms with E-state index in [0.29, 0.717) is 16.9 Å². The number of fused-ring (bicyclic) bond motifs is 5. The molecule has 1 aliphatic rings. The number of aromatic nitrogens is 1. The first-order valence-electron chi connectivity index (χ1n) is 8.49. The average molecular weight is 322 g/mol. The summed E-state index contributed by atoms with van der Waals surface area (Å²) < 4.78 is 5.47. The number of nitrogens with zero attached hydrogens (tertiary/aromatic N) is 1. The Morgan fingerprint density at radius 3 is 2.71 bits per heavy atom. The summed E-state index contributed by atoms with van der Waals surface area (Å²) in [5.74, 6) is 0.849. The van der Waals surface area contributed by atoms with Crippen molar-refractivity contribution in [3.05, 3.63) is 45.9 Å². The molecule has 0 fully saturated rings. The summed E-state index contributed by atoms with van der Waals surface area (Å²) in [6, 6.07) is 7.69. The van der Waals surface area contributed by atoms with E-state index in [1.807, 2.05) is 24.3 Å². The standard InChI is InChI=1S/C20H22N2O2/c1-20(2,3)11-8-9-14-13(10-11)16-12-6-4-5-7-15(12)24-19(23)17(16)18(21)22-14/h4-7,11H,8-10H2,1-3H3,(H2,21,22). The van der Waals surface area contributed by atoms with Gasteiger partial charge >= 0.3 is 5.63 Å². The van der Waals surface area contributed by atoms with Crippen molar-refractivity contribution in [1.82, 2.24) is 4.98 Å². The highest BCUT2D eigenvalue weighted by Crippen LogP contribution is 2.41. The highest BCUT2D eigenvalue weighted by Gasteiger charge is 2.31. The van der Waals surface area contributed by atoms with Crippen LogP contribution in [-0.2, 0) is 12.8 Å². The van der Waals surface area contributed by atoms with Gasteiger partial charge in [0.15, 0.2) is 0 Å². The molecule has 0 amide bonds. The number of nitrogen functional groups attached to an aromatic ring is 1. The molecule has 3 aromatic rings. The number of nitrogens with two attached hydrogens (primary N) is 1. The summed E-state index contributed by atoms with van der Waals surface area (Å²) in [5.41, 5.74) is 8.78. The number of pyridine rings is 1. The van der Waals surface area contributed by atoms with E-state index in [0.717, 1.165) is 35.7 Å². The van der Waals surface area contributed by atoms with Gasteiger partial charge in [0.05, 0.1) is 0 Å². The third-order valence-electron chi connectivity index (χ3n) is 5.38. The third-order valence-corrected chi connectivity index (χ3v) is 5.38. The highest BCUT2D eigenvalue weighted by molar-refractivity contribution is 6.09. The van der Waals surface area contributed by atoms with Crippen LogP contribution in [0.1, 0.15) is 38.4 Å². The molecule has 2 N–H and O–H groups in total. The van der Waals surface area contributed by atoms with E-state index < -0.39 is 5.63 Å². The van der Waals surface area contributed by atoms with Gasteiger partial charge in [0.1, 0.15) is 16.8 Å². The second-order valence-corrected chi connectivity index (χ2v) is 7.86. The Morgan fingerprint density at radius 1 is 1.21 bits per heavy atom. The van der Waals surface area contributed by atoms with Gasteiger partial charge in [-0.05, 0) is 42.2 Å². The molecule has 1 unspecified atom stereocenters. The van der Waals surface area contributed by atoms with Crippen molar-refractivity contribution in [3.8, 4) is 0 Å². The molecule has 1 aliphatic carbocycles. The van der Waals surface area contributed by atoms with Crippen molar-refractivity contribution in [2.75, 3.05) is 5.73 Å². The molecule has 4 heteroatoms. The van der Waals surface area contributed by atoms with E-state index in [9.17, 15) is 4.79 Å². The zero-order valence-electron chi connectivity index (χ0n) is 14.3. The number of anilines is 1. The Morgan fingerprint density at radius 2 is 1.96 bits per heavy atom. The summed E-state index contributed by atoms with van der Waals surface area (Å²) in [5, 5.41) is 2.33. The van der Waals surface area contributed by atoms with Gasteiger partial charge in [0.2, 0.25) is 0 Å². The van der Waals surface area contributed by atoms with Crippen LogP contribution in [0.25, 0.3) is 21.7 Å². The Kier molecular flexibility index (Phi) is 3.21. The lowest BCUT2D eigenvalue weighted by Crippen LogP contribution is -2.28. The Hall–Kier alpha value is -2.36. The molecule has 2 heterocycles. The second kappa shape index (κ2) is 5.07. The molecule has 1 atom stereocenters. The van der Waals surface area contributed by atoms with Crippen LogP contribution in [-0.4, -0.2) is 4.98 Å². The predicted octanol–water partition coefficient (Wildman–Crippen LogP) is 4.07. The van der Waals surface area contributed by atoms with E-state index in [-0.39, 0.29) is 11.2 Å². The molecule has 124 valence electrons. The first kappa shape index (κ1) is 15.2. The lowest BCUT2D eigenvalue weighted by Gasteiger charge is -2.35. The SMILES string of the molecule is CC(C)(C)C1CCc2nc(N)c3c(=O)oc4ccccc4c3c2C1. The van der Waals surface area contributed by atoms with Crippen molar-refractivity contribution in [2.24, 2.45) is 11.3 Å². The number of hydrogen-bond donors (Lipinski definition) is 1. The normalized spacial score (nSPS) is 18.0. The monoisotopic (exact) mass is 322 g/mol. The summed E-state index contributed by atoms with van der Waals surface area (Å²) in [4.78, 5) is 17.0. The highest BCUT2D eigenvalue weighted by atomic mass is 16.4. The van der Waals surface area contributed by atoms with Gasteiger partial charge < -0.3 is 10.2 Å². The van der Waals surface area contributed by atoms with Gasteiger partial charge in [-0.1, -0.05) is 39.0 Å². The van der Waals surface area contributed by atoms with Crippen molar-refractivity contribution >= 4 is 27.6 Å². The van der Waals surface area contributed by atoms with Gasteiger partial charge in [-0.2, -0.15) is 0 Å². The maximum absolute atomic E-state index is 12.5. The zero-order chi connectivity index (χ0) is 17.1. The molecular formula is C20H22N2O2. The fourth-order valence-corrected chi connectivity index (χ4v) is 3.93. The van der Waals surface area contributed by atoms with Crippen LogP contribution < -0.4 is 11.4 Å². The average Bonchev–Trinajstić information content (AvgIpc) is 2.53. The lowest BCUT2D eigenvalue weighted by molar-refractivity contribution is 0.215. The Labute approximate surface area is 140 Å². The van der Waals surface area contributed by atoms with E-state index in [1.165, 1.54) is 5.56 Å². The minimum absolute atomic E-state index is 0.223. The van der Waals surface area contributed by atoms with Gasteiger partial charge in [0.25, 0.3) is 0 Å². The molecule has 1 aromatic carbocycles. The minimum Gasteiger partial charge on any atom is -0.422 e. The van der Waals surface area contributed by atoms with Crippen molar-refractivity contribution in [3.63, 3.8) is 0 Å². The molecule has 0 radical (unpaired) electrons. The Bertz CT molecular complexity index is 1010. The van der Waals surface area contributed by atoms with Crippen molar-refractivity contribution in [1.29, 1.82) is 0 Å². The van der Waals surface area contributed by atoms with Crippen molar-refractivity contribution < 1.29 is 4.42 Å². The number of rotatable bonds is 0. The van der Waals surface area contributed by atoms with Crippen LogP contribution in [0.2, 0.25) is 0 Å². The summed E-state index contributed by atoms with van der Waals surface area (Å²) in [7, 11) is 0. The fourth-order valence-electron chi connectivity index (χ4n) is 3.93. The molecule has 0 bridgehead atoms. The van der Waals surface area contributed by atoms with Gasteiger partial charge in [-0.3, -0.25) is 0 Å². The number of benzene rings is 1. The molecule has 0 saturated carbocycles. The maximum Gasteiger partial charge on any atom is 0.347 e. The molecule has 0 spiro atoms. The molecule has 24 heavy (non-hydrogen) atoms. The summed E-state index contributed by atoms with van der Waals surface area (Å²) in [6.45, 7) is 6.84. The van der Waals surface area contributed by atoms with Gasteiger partial charge in [0, 0.05) is 16.5 Å². The smallest absolute Gasteiger partial charge is 0.347 e. The molecule has 0 aliphatic heterocycles. The summed E-state index contributed by atoms with van der Waals surface area (Å²) >= 11 is 0. The van der Waals surface area contributed by atoms with Crippen LogP contribution in [0.5, 0.6) is 0 Å². The number of para-hydroxylation sites is 1. The molecule has 0 saturated heterocycles. The number of aryl methyl sites for hydroxylation is 1. The number of hydrogen-bond acceptors (Lipinski definition) is 4. The van der Waals surface area contributed by atoms with Crippen LogP contribution in [0, 0.1) is 11.3 Å². The first-order valence-corrected chi connectivity index (χ1v) is 8.49. The largest absolute Gasteiger partial charge is 0.422 e. The predicted molar refractivity (Wildman–Crippen MR) is 97.2 cm³/mol. The second-order valence-electron chi connectivity index (χ2n) is 7.86. The van der Waals surface area contributed by atoms with E-state index >= 15 is 0 Å². The van der Waals surface area contributed by atoms with Crippen LogP contribution in [0.3, 0.4) is 0 Å².